The predicted molar refractivity (Wildman–Crippen MR) is 80.9 cm³/mol. The first kappa shape index (κ1) is 14.9. The maximum absolute atomic E-state index is 5.87. The average Bonchev–Trinajstić information content (AvgIpc) is 3.16. The molecule has 0 amide bonds. The van der Waals surface area contributed by atoms with E-state index < -0.39 is 0 Å². The summed E-state index contributed by atoms with van der Waals surface area (Å²) in [5.74, 6) is 0.704. The number of hydrogen-bond donors (Lipinski definition) is 1. The van der Waals surface area contributed by atoms with Crippen LogP contribution >= 0.6 is 0 Å². The summed E-state index contributed by atoms with van der Waals surface area (Å²) in [6.07, 6.45) is 4.87. The van der Waals surface area contributed by atoms with Crippen LogP contribution in [0.4, 0.5) is 0 Å². The second kappa shape index (κ2) is 6.85. The van der Waals surface area contributed by atoms with Crippen molar-refractivity contribution in [2.75, 3.05) is 26.2 Å². The Hall–Kier alpha value is -0.980. The van der Waals surface area contributed by atoms with Gasteiger partial charge in [-0.2, -0.15) is 0 Å². The number of aromatic nitrogens is 3. The Bertz CT molecular complexity index is 443. The minimum Gasteiger partial charge on any atom is -0.374 e. The van der Waals surface area contributed by atoms with Gasteiger partial charge in [0.05, 0.1) is 24.9 Å². The molecule has 1 saturated heterocycles. The first-order valence-corrected chi connectivity index (χ1v) is 8.15. The van der Waals surface area contributed by atoms with Crippen molar-refractivity contribution < 1.29 is 4.74 Å². The third-order valence-electron chi connectivity index (χ3n) is 3.97. The molecule has 1 aliphatic heterocycles. The zero-order valence-corrected chi connectivity index (χ0v) is 13.2. The Morgan fingerprint density at radius 1 is 1.43 bits per heavy atom. The molecule has 1 unspecified atom stereocenters. The third kappa shape index (κ3) is 4.76. The van der Waals surface area contributed by atoms with Crippen molar-refractivity contribution in [2.45, 2.75) is 51.9 Å². The molecule has 1 N–H and O–H groups in total. The van der Waals surface area contributed by atoms with E-state index in [4.69, 9.17) is 4.74 Å². The molecule has 0 spiro atoms. The summed E-state index contributed by atoms with van der Waals surface area (Å²) in [6.45, 7) is 10.2. The Morgan fingerprint density at radius 3 is 3.05 bits per heavy atom. The summed E-state index contributed by atoms with van der Waals surface area (Å²) < 4.78 is 7.79. The monoisotopic (exact) mass is 293 g/mol. The Morgan fingerprint density at radius 2 is 2.29 bits per heavy atom. The molecule has 3 rings (SSSR count). The summed E-state index contributed by atoms with van der Waals surface area (Å²) >= 11 is 0. The number of nitrogens with one attached hydrogen (secondary N) is 1. The lowest BCUT2D eigenvalue weighted by Gasteiger charge is -2.33. The molecular weight excluding hydrogens is 266 g/mol. The van der Waals surface area contributed by atoms with Crippen molar-refractivity contribution in [2.24, 2.45) is 5.92 Å². The molecule has 2 heterocycles. The van der Waals surface area contributed by atoms with E-state index in [1.807, 2.05) is 10.9 Å². The number of rotatable bonds is 7. The molecule has 1 atom stereocenters. The van der Waals surface area contributed by atoms with Crippen LogP contribution in [0.25, 0.3) is 0 Å². The van der Waals surface area contributed by atoms with E-state index in [2.05, 4.69) is 34.4 Å². The van der Waals surface area contributed by atoms with Crippen LogP contribution in [0, 0.1) is 5.92 Å². The van der Waals surface area contributed by atoms with E-state index in [-0.39, 0.29) is 6.10 Å². The van der Waals surface area contributed by atoms with Crippen molar-refractivity contribution in [1.82, 2.24) is 25.2 Å². The van der Waals surface area contributed by atoms with Crippen LogP contribution < -0.4 is 5.32 Å². The van der Waals surface area contributed by atoms with E-state index in [9.17, 15) is 0 Å². The summed E-state index contributed by atoms with van der Waals surface area (Å²) in [7, 11) is 0. The zero-order chi connectivity index (χ0) is 14.7. The number of hydrogen-bond acceptors (Lipinski definition) is 5. The molecule has 2 fully saturated rings. The molecule has 2 aliphatic rings. The van der Waals surface area contributed by atoms with Crippen LogP contribution in [0.5, 0.6) is 0 Å². The van der Waals surface area contributed by atoms with E-state index in [1.165, 1.54) is 12.8 Å². The maximum Gasteiger partial charge on any atom is 0.0964 e. The third-order valence-corrected chi connectivity index (χ3v) is 3.97. The van der Waals surface area contributed by atoms with Crippen molar-refractivity contribution in [3.63, 3.8) is 0 Å². The number of morpholine rings is 1. The number of ether oxygens (including phenoxy) is 1. The Kier molecular flexibility index (Phi) is 4.87. The van der Waals surface area contributed by atoms with Gasteiger partial charge in [-0.3, -0.25) is 4.90 Å². The van der Waals surface area contributed by atoms with Crippen LogP contribution in [0.15, 0.2) is 6.20 Å². The maximum atomic E-state index is 5.87. The largest absolute Gasteiger partial charge is 0.374 e. The van der Waals surface area contributed by atoms with Gasteiger partial charge in [0.1, 0.15) is 0 Å². The SMILES string of the molecule is CC(C)CN1CCOC(Cn2cc(CNC3CC3)nn2)C1. The average molecular weight is 293 g/mol. The molecule has 1 aromatic rings. The molecule has 0 radical (unpaired) electrons. The predicted octanol–water partition coefficient (Wildman–Crippen LogP) is 0.887. The molecule has 118 valence electrons. The highest BCUT2D eigenvalue weighted by atomic mass is 16.5. The standard InChI is InChI=1S/C15H27N5O/c1-12(2)8-19-5-6-21-15(10-19)11-20-9-14(17-18-20)7-16-13-3-4-13/h9,12-13,15-16H,3-8,10-11H2,1-2H3. The Balaban J connectivity index is 1.46. The van der Waals surface area contributed by atoms with E-state index in [1.54, 1.807) is 0 Å². The summed E-state index contributed by atoms with van der Waals surface area (Å²) in [5.41, 5.74) is 1.02. The van der Waals surface area contributed by atoms with Crippen LogP contribution in [-0.2, 0) is 17.8 Å². The van der Waals surface area contributed by atoms with Crippen molar-refractivity contribution >= 4 is 0 Å². The van der Waals surface area contributed by atoms with Crippen molar-refractivity contribution in [1.29, 1.82) is 0 Å². The van der Waals surface area contributed by atoms with Gasteiger partial charge in [0.2, 0.25) is 0 Å². The molecule has 1 aromatic heterocycles. The van der Waals surface area contributed by atoms with Gasteiger partial charge < -0.3 is 10.1 Å². The van der Waals surface area contributed by atoms with Crippen LogP contribution in [0.3, 0.4) is 0 Å². The second-order valence-corrected chi connectivity index (χ2v) is 6.73. The van der Waals surface area contributed by atoms with Crippen molar-refractivity contribution in [3.8, 4) is 0 Å². The summed E-state index contributed by atoms with van der Waals surface area (Å²) in [5, 5.41) is 11.9. The highest BCUT2D eigenvalue weighted by Gasteiger charge is 2.22. The fourth-order valence-electron chi connectivity index (χ4n) is 2.83. The van der Waals surface area contributed by atoms with Gasteiger partial charge in [-0.1, -0.05) is 19.1 Å². The molecule has 0 aromatic carbocycles. The second-order valence-electron chi connectivity index (χ2n) is 6.73. The smallest absolute Gasteiger partial charge is 0.0964 e. The van der Waals surface area contributed by atoms with Gasteiger partial charge in [-0.25, -0.2) is 4.68 Å². The molecular formula is C15H27N5O. The van der Waals surface area contributed by atoms with Crippen molar-refractivity contribution in [3.05, 3.63) is 11.9 Å². The van der Waals surface area contributed by atoms with E-state index in [0.29, 0.717) is 12.0 Å². The minimum absolute atomic E-state index is 0.225. The highest BCUT2D eigenvalue weighted by Crippen LogP contribution is 2.19. The van der Waals surface area contributed by atoms with Gasteiger partial charge in [-0.15, -0.1) is 5.10 Å². The minimum atomic E-state index is 0.225. The van der Waals surface area contributed by atoms with Crippen LogP contribution in [-0.4, -0.2) is 58.3 Å². The normalized spacial score (nSPS) is 23.9. The lowest BCUT2D eigenvalue weighted by molar-refractivity contribution is -0.0406. The van der Waals surface area contributed by atoms with Crippen LogP contribution in [0.1, 0.15) is 32.4 Å². The Labute approximate surface area is 126 Å². The highest BCUT2D eigenvalue weighted by molar-refractivity contribution is 4.94. The molecule has 6 heteroatoms. The van der Waals surface area contributed by atoms with Gasteiger partial charge >= 0.3 is 0 Å². The van der Waals surface area contributed by atoms with E-state index in [0.717, 1.165) is 45.0 Å². The summed E-state index contributed by atoms with van der Waals surface area (Å²) in [4.78, 5) is 2.49. The molecule has 0 bridgehead atoms. The molecule has 1 aliphatic carbocycles. The topological polar surface area (TPSA) is 55.2 Å². The van der Waals surface area contributed by atoms with Crippen LogP contribution in [0.2, 0.25) is 0 Å². The van der Waals surface area contributed by atoms with Gasteiger partial charge in [0.15, 0.2) is 0 Å². The number of nitrogens with zero attached hydrogens (tertiary/aromatic N) is 4. The fourth-order valence-corrected chi connectivity index (χ4v) is 2.83. The molecule has 21 heavy (non-hydrogen) atoms. The molecule has 6 nitrogen and oxygen atoms in total. The lowest BCUT2D eigenvalue weighted by Crippen LogP contribution is -2.45. The molecule has 1 saturated carbocycles. The fraction of sp³-hybridized carbons (Fsp3) is 0.867. The van der Waals surface area contributed by atoms with Gasteiger partial charge in [-0.05, 0) is 18.8 Å². The first-order valence-electron chi connectivity index (χ1n) is 8.15. The van der Waals surface area contributed by atoms with Gasteiger partial charge in [0, 0.05) is 38.4 Å². The van der Waals surface area contributed by atoms with E-state index >= 15 is 0 Å². The first-order chi connectivity index (χ1) is 10.2. The van der Waals surface area contributed by atoms with Gasteiger partial charge in [0.25, 0.3) is 0 Å². The quantitative estimate of drug-likeness (QED) is 0.809. The zero-order valence-electron chi connectivity index (χ0n) is 13.2. The summed E-state index contributed by atoms with van der Waals surface area (Å²) in [6, 6.07) is 0.710. The lowest BCUT2D eigenvalue weighted by atomic mass is 10.2.